The number of rotatable bonds is 6. The minimum absolute atomic E-state index is 0.122. The van der Waals surface area contributed by atoms with E-state index in [0.29, 0.717) is 5.82 Å². The number of hydrogen-bond acceptors (Lipinski definition) is 5. The molecule has 1 unspecified atom stereocenters. The number of aromatic nitrogens is 4. The van der Waals surface area contributed by atoms with Crippen LogP contribution in [0.3, 0.4) is 0 Å². The molecule has 1 saturated heterocycles. The van der Waals surface area contributed by atoms with Crippen molar-refractivity contribution in [3.63, 3.8) is 0 Å². The zero-order valence-electron chi connectivity index (χ0n) is 13.2. The summed E-state index contributed by atoms with van der Waals surface area (Å²) >= 11 is 0. The van der Waals surface area contributed by atoms with Crippen molar-refractivity contribution in [3.05, 3.63) is 41.7 Å². The molecule has 2 aromatic rings. The van der Waals surface area contributed by atoms with Gasteiger partial charge in [0.1, 0.15) is 5.82 Å². The predicted molar refractivity (Wildman–Crippen MR) is 83.9 cm³/mol. The van der Waals surface area contributed by atoms with Gasteiger partial charge in [-0.3, -0.25) is 9.58 Å². The molecule has 0 aliphatic carbocycles. The van der Waals surface area contributed by atoms with E-state index in [0.717, 1.165) is 44.6 Å². The normalized spacial score (nSPS) is 18.4. The Kier molecular flexibility index (Phi) is 4.66. The number of aromatic carboxylic acids is 1. The topological polar surface area (TPSA) is 84.1 Å². The van der Waals surface area contributed by atoms with Crippen molar-refractivity contribution < 1.29 is 9.90 Å². The van der Waals surface area contributed by atoms with Crippen molar-refractivity contribution in [2.45, 2.75) is 45.3 Å². The quantitative estimate of drug-likeness (QED) is 0.879. The average molecular weight is 315 g/mol. The van der Waals surface area contributed by atoms with Crippen LogP contribution in [0, 0.1) is 0 Å². The van der Waals surface area contributed by atoms with Gasteiger partial charge in [-0.25, -0.2) is 14.8 Å². The fraction of sp³-hybridized carbons (Fsp3) is 0.500. The van der Waals surface area contributed by atoms with Crippen LogP contribution < -0.4 is 0 Å². The Morgan fingerprint density at radius 3 is 2.87 bits per heavy atom. The molecule has 0 spiro atoms. The maximum atomic E-state index is 10.9. The third kappa shape index (κ3) is 3.56. The zero-order chi connectivity index (χ0) is 16.2. The van der Waals surface area contributed by atoms with Crippen molar-refractivity contribution in [1.82, 2.24) is 24.6 Å². The van der Waals surface area contributed by atoms with E-state index in [2.05, 4.69) is 33.0 Å². The van der Waals surface area contributed by atoms with Crippen LogP contribution in [-0.2, 0) is 13.1 Å². The molecule has 7 heteroatoms. The van der Waals surface area contributed by atoms with Crippen LogP contribution in [0.2, 0.25) is 0 Å². The molecule has 0 aromatic carbocycles. The molecule has 1 atom stereocenters. The number of nitrogens with zero attached hydrogens (tertiary/aromatic N) is 5. The van der Waals surface area contributed by atoms with Gasteiger partial charge in [0.2, 0.25) is 0 Å². The van der Waals surface area contributed by atoms with E-state index < -0.39 is 5.97 Å². The van der Waals surface area contributed by atoms with E-state index in [1.54, 1.807) is 0 Å². The highest BCUT2D eigenvalue weighted by molar-refractivity contribution is 5.86. The van der Waals surface area contributed by atoms with E-state index in [-0.39, 0.29) is 11.6 Å². The lowest BCUT2D eigenvalue weighted by Crippen LogP contribution is -2.24. The average Bonchev–Trinajstić information content (AvgIpc) is 3.18. The van der Waals surface area contributed by atoms with Crippen molar-refractivity contribution in [3.8, 4) is 0 Å². The van der Waals surface area contributed by atoms with Crippen LogP contribution in [0.5, 0.6) is 0 Å². The van der Waals surface area contributed by atoms with Gasteiger partial charge in [0.05, 0.1) is 17.3 Å². The summed E-state index contributed by atoms with van der Waals surface area (Å²) in [5, 5.41) is 13.5. The summed E-state index contributed by atoms with van der Waals surface area (Å²) in [4.78, 5) is 21.7. The Balaban J connectivity index is 1.70. The summed E-state index contributed by atoms with van der Waals surface area (Å²) < 4.78 is 1.97. The first-order valence-electron chi connectivity index (χ1n) is 7.99. The summed E-state index contributed by atoms with van der Waals surface area (Å²) in [6.07, 6.45) is 7.93. The molecule has 2 aromatic heterocycles. The Morgan fingerprint density at radius 2 is 2.17 bits per heavy atom. The van der Waals surface area contributed by atoms with Crippen LogP contribution in [0.15, 0.2) is 24.7 Å². The van der Waals surface area contributed by atoms with Crippen molar-refractivity contribution in [2.75, 3.05) is 6.54 Å². The molecular weight excluding hydrogens is 294 g/mol. The molecule has 23 heavy (non-hydrogen) atoms. The van der Waals surface area contributed by atoms with Crippen LogP contribution >= 0.6 is 0 Å². The maximum absolute atomic E-state index is 10.9. The molecule has 0 radical (unpaired) electrons. The van der Waals surface area contributed by atoms with Gasteiger partial charge in [-0.05, 0) is 31.9 Å². The van der Waals surface area contributed by atoms with Crippen LogP contribution in [0.25, 0.3) is 0 Å². The molecule has 1 fully saturated rings. The Hall–Kier alpha value is -2.28. The van der Waals surface area contributed by atoms with E-state index in [1.165, 1.54) is 12.4 Å². The number of carboxylic acid groups (broad SMARTS) is 1. The van der Waals surface area contributed by atoms with Crippen LogP contribution in [0.4, 0.5) is 0 Å². The maximum Gasteiger partial charge on any atom is 0.338 e. The highest BCUT2D eigenvalue weighted by Gasteiger charge is 2.28. The zero-order valence-corrected chi connectivity index (χ0v) is 13.2. The first-order valence-corrected chi connectivity index (χ1v) is 7.99. The highest BCUT2D eigenvalue weighted by Crippen LogP contribution is 2.30. The number of carboxylic acids is 1. The van der Waals surface area contributed by atoms with Gasteiger partial charge in [0.15, 0.2) is 0 Å². The molecule has 122 valence electrons. The minimum atomic E-state index is -0.999. The van der Waals surface area contributed by atoms with Crippen molar-refractivity contribution in [2.24, 2.45) is 0 Å². The largest absolute Gasteiger partial charge is 0.478 e. The lowest BCUT2D eigenvalue weighted by atomic mass is 10.2. The van der Waals surface area contributed by atoms with Gasteiger partial charge in [-0.2, -0.15) is 5.10 Å². The van der Waals surface area contributed by atoms with Crippen molar-refractivity contribution >= 4 is 5.97 Å². The van der Waals surface area contributed by atoms with Gasteiger partial charge >= 0.3 is 5.97 Å². The molecule has 1 N–H and O–H groups in total. The summed E-state index contributed by atoms with van der Waals surface area (Å²) in [6, 6.07) is 2.19. The number of likely N-dealkylation sites (tertiary alicyclic amines) is 1. The Morgan fingerprint density at radius 1 is 1.39 bits per heavy atom. The first kappa shape index (κ1) is 15.6. The van der Waals surface area contributed by atoms with E-state index in [4.69, 9.17) is 5.11 Å². The lowest BCUT2D eigenvalue weighted by Gasteiger charge is -2.22. The molecule has 1 aliphatic heterocycles. The fourth-order valence-corrected chi connectivity index (χ4v) is 2.98. The van der Waals surface area contributed by atoms with E-state index >= 15 is 0 Å². The van der Waals surface area contributed by atoms with E-state index in [9.17, 15) is 4.79 Å². The molecule has 3 heterocycles. The second-order valence-electron chi connectivity index (χ2n) is 5.83. The van der Waals surface area contributed by atoms with Gasteiger partial charge in [0, 0.05) is 31.7 Å². The lowest BCUT2D eigenvalue weighted by molar-refractivity contribution is 0.0695. The monoisotopic (exact) mass is 315 g/mol. The van der Waals surface area contributed by atoms with Gasteiger partial charge < -0.3 is 5.11 Å². The Labute approximate surface area is 135 Å². The minimum Gasteiger partial charge on any atom is -0.478 e. The van der Waals surface area contributed by atoms with Crippen LogP contribution in [0.1, 0.15) is 54.1 Å². The smallest absolute Gasteiger partial charge is 0.338 e. The highest BCUT2D eigenvalue weighted by atomic mass is 16.4. The molecule has 0 amide bonds. The molecule has 1 aliphatic rings. The standard InChI is InChI=1S/C16H21N5O2/c1-2-6-21-8-5-13(19-21)11-20-7-3-4-14(20)15-17-9-12(10-18-15)16(22)23/h5,8-10,14H,2-4,6-7,11H2,1H3,(H,22,23). The second-order valence-corrected chi connectivity index (χ2v) is 5.83. The van der Waals surface area contributed by atoms with Crippen molar-refractivity contribution in [1.29, 1.82) is 0 Å². The van der Waals surface area contributed by atoms with Gasteiger partial charge in [-0.1, -0.05) is 6.92 Å². The molecule has 7 nitrogen and oxygen atoms in total. The first-order chi connectivity index (χ1) is 11.2. The molecule has 0 saturated carbocycles. The number of aryl methyl sites for hydroxylation is 1. The third-order valence-electron chi connectivity index (χ3n) is 4.09. The van der Waals surface area contributed by atoms with Crippen LogP contribution in [-0.4, -0.2) is 42.3 Å². The SMILES string of the molecule is CCCn1ccc(CN2CCCC2c2ncc(C(=O)O)cn2)n1. The number of hydrogen-bond donors (Lipinski definition) is 1. The van der Waals surface area contributed by atoms with E-state index in [1.807, 2.05) is 10.9 Å². The summed E-state index contributed by atoms with van der Waals surface area (Å²) in [6.45, 7) is 4.82. The predicted octanol–water partition coefficient (Wildman–Crippen LogP) is 2.12. The summed E-state index contributed by atoms with van der Waals surface area (Å²) in [7, 11) is 0. The fourth-order valence-electron chi connectivity index (χ4n) is 2.98. The third-order valence-corrected chi connectivity index (χ3v) is 4.09. The molecule has 3 rings (SSSR count). The van der Waals surface area contributed by atoms with Gasteiger partial charge in [0.25, 0.3) is 0 Å². The second kappa shape index (κ2) is 6.87. The summed E-state index contributed by atoms with van der Waals surface area (Å²) in [5.74, 6) is -0.304. The summed E-state index contributed by atoms with van der Waals surface area (Å²) in [5.41, 5.74) is 1.17. The van der Waals surface area contributed by atoms with Gasteiger partial charge in [-0.15, -0.1) is 0 Å². The Bertz CT molecular complexity index is 667. The molecular formula is C16H21N5O2. The molecule has 0 bridgehead atoms. The number of carbonyl (C=O) groups is 1.